The van der Waals surface area contributed by atoms with E-state index in [0.29, 0.717) is 6.42 Å². The first-order valence-corrected chi connectivity index (χ1v) is 4.19. The van der Waals surface area contributed by atoms with Gasteiger partial charge in [-0.1, -0.05) is 0 Å². The van der Waals surface area contributed by atoms with Crippen LogP contribution in [0.4, 0.5) is 11.4 Å². The molecule has 1 aromatic carbocycles. The number of nitrogens with one attached hydrogen (secondary N) is 1. The second kappa shape index (κ2) is 3.01. The van der Waals surface area contributed by atoms with Gasteiger partial charge in [0.2, 0.25) is 5.91 Å². The number of fused-ring (bicyclic) bond motifs is 1. The van der Waals surface area contributed by atoms with Gasteiger partial charge in [0.15, 0.2) is 0 Å². The molecule has 1 amide bonds. The van der Waals surface area contributed by atoms with Crippen LogP contribution in [0.25, 0.3) is 0 Å². The van der Waals surface area contributed by atoms with Crippen molar-refractivity contribution in [1.29, 1.82) is 0 Å². The number of amides is 1. The van der Waals surface area contributed by atoms with E-state index in [-0.39, 0.29) is 5.91 Å². The van der Waals surface area contributed by atoms with E-state index in [1.807, 2.05) is 18.2 Å². The molecule has 0 spiro atoms. The maximum absolute atomic E-state index is 11.0. The molecule has 3 heteroatoms. The zero-order valence-corrected chi connectivity index (χ0v) is 7.21. The summed E-state index contributed by atoms with van der Waals surface area (Å²) in [4.78, 5) is 14.9. The van der Waals surface area contributed by atoms with Crippen molar-refractivity contribution >= 4 is 24.0 Å². The van der Waals surface area contributed by atoms with E-state index < -0.39 is 0 Å². The highest BCUT2D eigenvalue weighted by Gasteiger charge is 2.13. The fraction of sp³-hybridized carbons (Fsp3) is 0.200. The van der Waals surface area contributed by atoms with E-state index >= 15 is 0 Å². The normalized spacial score (nSPS) is 14.6. The molecule has 1 aromatic rings. The topological polar surface area (TPSA) is 41.5 Å². The van der Waals surface area contributed by atoms with Crippen molar-refractivity contribution in [3.8, 4) is 0 Å². The van der Waals surface area contributed by atoms with Gasteiger partial charge in [0.1, 0.15) is 0 Å². The van der Waals surface area contributed by atoms with Crippen LogP contribution in [0.5, 0.6) is 0 Å². The largest absolute Gasteiger partial charge is 0.326 e. The molecule has 2 rings (SSSR count). The predicted octanol–water partition coefficient (Wildman–Crippen LogP) is 1.90. The SMILES string of the molecule is C=Nc1ccc2c(c1)CCC(=O)N2. The Bertz CT molecular complexity index is 371. The lowest BCUT2D eigenvalue weighted by Crippen LogP contribution is -2.18. The Morgan fingerprint density at radius 1 is 1.38 bits per heavy atom. The number of hydrogen-bond donors (Lipinski definition) is 1. The van der Waals surface area contributed by atoms with Crippen molar-refractivity contribution in [2.75, 3.05) is 5.32 Å². The van der Waals surface area contributed by atoms with Crippen LogP contribution < -0.4 is 5.32 Å². The number of nitrogens with zero attached hydrogens (tertiary/aromatic N) is 1. The minimum atomic E-state index is 0.0896. The van der Waals surface area contributed by atoms with Crippen LogP contribution in [-0.4, -0.2) is 12.6 Å². The zero-order valence-electron chi connectivity index (χ0n) is 7.21. The Kier molecular flexibility index (Phi) is 1.85. The zero-order chi connectivity index (χ0) is 9.26. The molecule has 13 heavy (non-hydrogen) atoms. The molecule has 1 aliphatic rings. The number of hydrogen-bond acceptors (Lipinski definition) is 2. The summed E-state index contributed by atoms with van der Waals surface area (Å²) in [6.45, 7) is 3.46. The van der Waals surface area contributed by atoms with Gasteiger partial charge in [-0.2, -0.15) is 0 Å². The molecule has 0 saturated heterocycles. The van der Waals surface area contributed by atoms with Gasteiger partial charge in [0.05, 0.1) is 5.69 Å². The Morgan fingerprint density at radius 3 is 3.00 bits per heavy atom. The number of aliphatic imine (C=N–C) groups is 1. The lowest BCUT2D eigenvalue weighted by Gasteiger charge is -2.16. The number of benzene rings is 1. The maximum atomic E-state index is 11.0. The third-order valence-electron chi connectivity index (χ3n) is 2.17. The third kappa shape index (κ3) is 1.45. The summed E-state index contributed by atoms with van der Waals surface area (Å²) >= 11 is 0. The van der Waals surface area contributed by atoms with Crippen LogP contribution in [0.3, 0.4) is 0 Å². The molecule has 0 bridgehead atoms. The van der Waals surface area contributed by atoms with E-state index in [9.17, 15) is 4.79 Å². The van der Waals surface area contributed by atoms with Crippen molar-refractivity contribution in [1.82, 2.24) is 0 Å². The molecule has 66 valence electrons. The highest BCUT2D eigenvalue weighted by Crippen LogP contribution is 2.26. The molecule has 0 unspecified atom stereocenters. The van der Waals surface area contributed by atoms with E-state index in [1.165, 1.54) is 0 Å². The van der Waals surface area contributed by atoms with Crippen molar-refractivity contribution in [3.05, 3.63) is 23.8 Å². The predicted molar refractivity (Wildman–Crippen MR) is 52.6 cm³/mol. The summed E-state index contributed by atoms with van der Waals surface area (Å²) in [5.74, 6) is 0.0896. The first-order chi connectivity index (χ1) is 6.29. The van der Waals surface area contributed by atoms with E-state index in [2.05, 4.69) is 17.0 Å². The van der Waals surface area contributed by atoms with Gasteiger partial charge in [-0.05, 0) is 36.9 Å². The van der Waals surface area contributed by atoms with Gasteiger partial charge < -0.3 is 5.32 Å². The number of carbonyl (C=O) groups is 1. The second-order valence-electron chi connectivity index (χ2n) is 3.05. The Balaban J connectivity index is 2.42. The van der Waals surface area contributed by atoms with Gasteiger partial charge in [-0.25, -0.2) is 0 Å². The van der Waals surface area contributed by atoms with Crippen molar-refractivity contribution in [2.24, 2.45) is 4.99 Å². The Labute approximate surface area is 76.5 Å². The van der Waals surface area contributed by atoms with Crippen LogP contribution in [0.15, 0.2) is 23.2 Å². The number of anilines is 1. The molecule has 1 N–H and O–H groups in total. The molecule has 0 atom stereocenters. The van der Waals surface area contributed by atoms with Crippen molar-refractivity contribution < 1.29 is 4.79 Å². The molecular formula is C10H10N2O. The molecular weight excluding hydrogens is 164 g/mol. The molecule has 1 aliphatic heterocycles. The average Bonchev–Trinajstić information content (AvgIpc) is 2.17. The van der Waals surface area contributed by atoms with Crippen molar-refractivity contribution in [2.45, 2.75) is 12.8 Å². The summed E-state index contributed by atoms with van der Waals surface area (Å²) in [5.41, 5.74) is 2.91. The standard InChI is InChI=1S/C10H10N2O/c1-11-8-3-4-9-7(6-8)2-5-10(13)12-9/h3-4,6H,1-2,5H2,(H,12,13). The minimum absolute atomic E-state index is 0.0896. The highest BCUT2D eigenvalue weighted by molar-refractivity contribution is 5.94. The van der Waals surface area contributed by atoms with Crippen LogP contribution in [0.2, 0.25) is 0 Å². The summed E-state index contributed by atoms with van der Waals surface area (Å²) in [6.07, 6.45) is 1.36. The maximum Gasteiger partial charge on any atom is 0.224 e. The smallest absolute Gasteiger partial charge is 0.224 e. The van der Waals surface area contributed by atoms with Gasteiger partial charge in [0.25, 0.3) is 0 Å². The fourth-order valence-corrected chi connectivity index (χ4v) is 1.47. The monoisotopic (exact) mass is 174 g/mol. The van der Waals surface area contributed by atoms with Crippen molar-refractivity contribution in [3.63, 3.8) is 0 Å². The first-order valence-electron chi connectivity index (χ1n) is 4.19. The Morgan fingerprint density at radius 2 is 2.23 bits per heavy atom. The molecule has 0 aromatic heterocycles. The second-order valence-corrected chi connectivity index (χ2v) is 3.05. The summed E-state index contributed by atoms with van der Waals surface area (Å²) < 4.78 is 0. The van der Waals surface area contributed by atoms with E-state index in [0.717, 1.165) is 23.4 Å². The van der Waals surface area contributed by atoms with Gasteiger partial charge >= 0.3 is 0 Å². The van der Waals surface area contributed by atoms with Gasteiger partial charge in [-0.15, -0.1) is 0 Å². The molecule has 0 fully saturated rings. The fourth-order valence-electron chi connectivity index (χ4n) is 1.47. The number of carbonyl (C=O) groups excluding carboxylic acids is 1. The average molecular weight is 174 g/mol. The van der Waals surface area contributed by atoms with Crippen LogP contribution in [-0.2, 0) is 11.2 Å². The number of rotatable bonds is 1. The van der Waals surface area contributed by atoms with Gasteiger partial charge in [-0.3, -0.25) is 9.79 Å². The van der Waals surface area contributed by atoms with Crippen LogP contribution >= 0.6 is 0 Å². The quantitative estimate of drug-likeness (QED) is 0.649. The highest BCUT2D eigenvalue weighted by atomic mass is 16.1. The van der Waals surface area contributed by atoms with E-state index in [1.54, 1.807) is 0 Å². The lowest BCUT2D eigenvalue weighted by molar-refractivity contribution is -0.116. The number of aryl methyl sites for hydroxylation is 1. The van der Waals surface area contributed by atoms with Gasteiger partial charge in [0, 0.05) is 12.1 Å². The molecule has 1 heterocycles. The molecule has 0 aliphatic carbocycles. The minimum Gasteiger partial charge on any atom is -0.326 e. The third-order valence-corrected chi connectivity index (χ3v) is 2.17. The lowest BCUT2D eigenvalue weighted by atomic mass is 10.0. The first kappa shape index (κ1) is 7.98. The van der Waals surface area contributed by atoms with Crippen LogP contribution in [0, 0.1) is 0 Å². The summed E-state index contributed by atoms with van der Waals surface area (Å²) in [6, 6.07) is 5.68. The summed E-state index contributed by atoms with van der Waals surface area (Å²) in [5, 5.41) is 2.81. The summed E-state index contributed by atoms with van der Waals surface area (Å²) in [7, 11) is 0. The molecule has 0 saturated carbocycles. The Hall–Kier alpha value is -1.64. The van der Waals surface area contributed by atoms with Crippen LogP contribution in [0.1, 0.15) is 12.0 Å². The molecule has 0 radical (unpaired) electrons. The van der Waals surface area contributed by atoms with E-state index in [4.69, 9.17) is 0 Å². The molecule has 3 nitrogen and oxygen atoms in total.